The maximum absolute atomic E-state index is 11.6. The van der Waals surface area contributed by atoms with E-state index in [2.05, 4.69) is 4.98 Å². The number of ether oxygens (including phenoxy) is 2. The molecule has 2 aliphatic rings. The fourth-order valence-corrected chi connectivity index (χ4v) is 2.09. The Balaban J connectivity index is 1.97. The molecule has 2 fully saturated rings. The first kappa shape index (κ1) is 9.80. The number of H-pyrrole nitrogens is 1. The molecule has 0 radical (unpaired) electrons. The third-order valence-electron chi connectivity index (χ3n) is 3.11. The summed E-state index contributed by atoms with van der Waals surface area (Å²) in [6.45, 7) is 2.26. The van der Waals surface area contributed by atoms with Gasteiger partial charge >= 0.3 is 5.69 Å². The Morgan fingerprint density at radius 3 is 2.81 bits per heavy atom. The van der Waals surface area contributed by atoms with Crippen molar-refractivity contribution in [3.63, 3.8) is 0 Å². The molecule has 0 spiro atoms. The van der Waals surface area contributed by atoms with Crippen LogP contribution in [-0.4, -0.2) is 28.4 Å². The topological polar surface area (TPSA) is 73.3 Å². The predicted molar refractivity (Wildman–Crippen MR) is 54.3 cm³/mol. The molecule has 6 heteroatoms. The van der Waals surface area contributed by atoms with Crippen molar-refractivity contribution in [2.75, 3.05) is 6.61 Å². The summed E-state index contributed by atoms with van der Waals surface area (Å²) in [5.41, 5.74) is -0.274. The van der Waals surface area contributed by atoms with Gasteiger partial charge in [0, 0.05) is 18.2 Å². The van der Waals surface area contributed by atoms with Crippen LogP contribution in [0.4, 0.5) is 0 Å². The van der Waals surface area contributed by atoms with Crippen LogP contribution in [0.25, 0.3) is 0 Å². The van der Waals surface area contributed by atoms with Gasteiger partial charge in [-0.3, -0.25) is 14.3 Å². The van der Waals surface area contributed by atoms with Gasteiger partial charge in [-0.05, 0) is 6.92 Å². The third kappa shape index (κ3) is 1.34. The molecule has 6 nitrogen and oxygen atoms in total. The number of hydrogen-bond donors (Lipinski definition) is 1. The van der Waals surface area contributed by atoms with E-state index >= 15 is 0 Å². The molecule has 0 aliphatic carbocycles. The van der Waals surface area contributed by atoms with Gasteiger partial charge in [-0.1, -0.05) is 0 Å². The van der Waals surface area contributed by atoms with E-state index in [0.717, 1.165) is 0 Å². The van der Waals surface area contributed by atoms with Crippen molar-refractivity contribution in [1.29, 1.82) is 0 Å². The van der Waals surface area contributed by atoms with Gasteiger partial charge in [0.15, 0.2) is 0 Å². The Labute approximate surface area is 90.8 Å². The average Bonchev–Trinajstić information content (AvgIpc) is 2.49. The molecule has 1 aromatic rings. The Morgan fingerprint density at radius 2 is 2.25 bits per heavy atom. The van der Waals surface area contributed by atoms with E-state index in [0.29, 0.717) is 18.6 Å². The Hall–Kier alpha value is -1.40. The molecule has 0 amide bonds. The van der Waals surface area contributed by atoms with Gasteiger partial charge in [-0.15, -0.1) is 0 Å². The van der Waals surface area contributed by atoms with Gasteiger partial charge < -0.3 is 9.47 Å². The van der Waals surface area contributed by atoms with Crippen LogP contribution in [0, 0.1) is 6.92 Å². The maximum Gasteiger partial charge on any atom is 0.330 e. The van der Waals surface area contributed by atoms with Gasteiger partial charge in [0.25, 0.3) is 5.56 Å². The zero-order chi connectivity index (χ0) is 11.3. The lowest BCUT2D eigenvalue weighted by molar-refractivity contribution is -0.149. The molecule has 3 atom stereocenters. The molecule has 3 rings (SSSR count). The summed E-state index contributed by atoms with van der Waals surface area (Å²) in [4.78, 5) is 25.1. The summed E-state index contributed by atoms with van der Waals surface area (Å²) in [6, 6.07) is 0. The smallest absolute Gasteiger partial charge is 0.330 e. The summed E-state index contributed by atoms with van der Waals surface area (Å²) in [7, 11) is 0. The van der Waals surface area contributed by atoms with E-state index in [4.69, 9.17) is 9.47 Å². The highest BCUT2D eigenvalue weighted by Gasteiger charge is 2.44. The largest absolute Gasteiger partial charge is 0.372 e. The second-order valence-corrected chi connectivity index (χ2v) is 4.22. The Bertz CT molecular complexity index is 520. The number of aromatic nitrogens is 2. The lowest BCUT2D eigenvalue weighted by Gasteiger charge is -2.28. The molecule has 2 saturated heterocycles. The van der Waals surface area contributed by atoms with Gasteiger partial charge in [0.1, 0.15) is 12.3 Å². The normalized spacial score (nSPS) is 32.2. The minimum Gasteiger partial charge on any atom is -0.372 e. The van der Waals surface area contributed by atoms with Gasteiger partial charge in [0.05, 0.1) is 12.7 Å². The first-order valence-electron chi connectivity index (χ1n) is 5.24. The van der Waals surface area contributed by atoms with Crippen molar-refractivity contribution >= 4 is 0 Å². The van der Waals surface area contributed by atoms with Gasteiger partial charge in [0.2, 0.25) is 0 Å². The van der Waals surface area contributed by atoms with E-state index in [-0.39, 0.29) is 24.0 Å². The fourth-order valence-electron chi connectivity index (χ4n) is 2.09. The summed E-state index contributed by atoms with van der Waals surface area (Å²) in [6.07, 6.45) is 2.08. The number of fused-ring (bicyclic) bond motifs is 1. The molecule has 16 heavy (non-hydrogen) atoms. The number of nitrogens with one attached hydrogen (secondary N) is 1. The van der Waals surface area contributed by atoms with E-state index in [9.17, 15) is 9.59 Å². The van der Waals surface area contributed by atoms with Gasteiger partial charge in [-0.25, -0.2) is 4.79 Å². The van der Waals surface area contributed by atoms with Crippen molar-refractivity contribution in [3.05, 3.63) is 32.6 Å². The van der Waals surface area contributed by atoms with Crippen LogP contribution < -0.4 is 11.2 Å². The highest BCUT2D eigenvalue weighted by atomic mass is 16.6. The standard InChI is InChI=1S/C10H12N2O4/c1-5-3-12(10(14)11-9(5)13)8-2-6-7(16-8)4-15-6/h3,6-8H,2,4H2,1H3,(H,11,13,14)/t6-,7+,8+/m0/s1. The number of nitrogens with zero attached hydrogens (tertiary/aromatic N) is 1. The molecule has 2 aliphatic heterocycles. The van der Waals surface area contributed by atoms with E-state index < -0.39 is 5.69 Å². The highest BCUT2D eigenvalue weighted by molar-refractivity contribution is 5.02. The van der Waals surface area contributed by atoms with Crippen molar-refractivity contribution in [3.8, 4) is 0 Å². The molecular formula is C10H12N2O4. The predicted octanol–water partition coefficient (Wildman–Crippen LogP) is -0.469. The zero-order valence-corrected chi connectivity index (χ0v) is 8.80. The van der Waals surface area contributed by atoms with Crippen LogP contribution in [0.3, 0.4) is 0 Å². The second-order valence-electron chi connectivity index (χ2n) is 4.22. The van der Waals surface area contributed by atoms with E-state index in [1.54, 1.807) is 6.92 Å². The van der Waals surface area contributed by atoms with Crippen LogP contribution >= 0.6 is 0 Å². The number of aromatic amines is 1. The number of rotatable bonds is 1. The quantitative estimate of drug-likeness (QED) is 0.700. The maximum atomic E-state index is 11.6. The van der Waals surface area contributed by atoms with Crippen molar-refractivity contribution in [1.82, 2.24) is 9.55 Å². The van der Waals surface area contributed by atoms with Crippen LogP contribution in [0.5, 0.6) is 0 Å². The van der Waals surface area contributed by atoms with E-state index in [1.807, 2.05) is 0 Å². The SMILES string of the molecule is Cc1cn([C@H]2C[C@@H]3OC[C@H]3O2)c(=O)[nH]c1=O. The number of aryl methyl sites for hydroxylation is 1. The summed E-state index contributed by atoms with van der Waals surface area (Å²) in [5, 5.41) is 0. The van der Waals surface area contributed by atoms with Crippen molar-refractivity contribution < 1.29 is 9.47 Å². The summed E-state index contributed by atoms with van der Waals surface area (Å²) >= 11 is 0. The molecule has 0 unspecified atom stereocenters. The van der Waals surface area contributed by atoms with Crippen LogP contribution in [0.2, 0.25) is 0 Å². The fraction of sp³-hybridized carbons (Fsp3) is 0.600. The molecule has 3 heterocycles. The molecule has 1 aromatic heterocycles. The average molecular weight is 224 g/mol. The van der Waals surface area contributed by atoms with Gasteiger partial charge in [-0.2, -0.15) is 0 Å². The second kappa shape index (κ2) is 3.29. The minimum atomic E-state index is -0.429. The van der Waals surface area contributed by atoms with Crippen LogP contribution in [-0.2, 0) is 9.47 Å². The first-order valence-corrected chi connectivity index (χ1v) is 5.24. The van der Waals surface area contributed by atoms with Crippen molar-refractivity contribution in [2.24, 2.45) is 0 Å². The molecule has 1 N–H and O–H groups in total. The first-order chi connectivity index (χ1) is 7.65. The Morgan fingerprint density at radius 1 is 1.44 bits per heavy atom. The lowest BCUT2D eigenvalue weighted by atomic mass is 10.1. The Kier molecular flexibility index (Phi) is 2.02. The molecular weight excluding hydrogens is 212 g/mol. The van der Waals surface area contributed by atoms with Crippen LogP contribution in [0.15, 0.2) is 15.8 Å². The van der Waals surface area contributed by atoms with E-state index in [1.165, 1.54) is 10.8 Å². The third-order valence-corrected chi connectivity index (χ3v) is 3.11. The number of hydrogen-bond acceptors (Lipinski definition) is 4. The van der Waals surface area contributed by atoms with Crippen molar-refractivity contribution in [2.45, 2.75) is 31.8 Å². The molecule has 86 valence electrons. The monoisotopic (exact) mass is 224 g/mol. The minimum absolute atomic E-state index is 0.101. The summed E-state index contributed by atoms with van der Waals surface area (Å²) < 4.78 is 12.4. The zero-order valence-electron chi connectivity index (χ0n) is 8.80. The summed E-state index contributed by atoms with van der Waals surface area (Å²) in [5.74, 6) is 0. The molecule has 0 aromatic carbocycles. The molecule has 0 bridgehead atoms. The highest BCUT2D eigenvalue weighted by Crippen LogP contribution is 2.35. The lowest BCUT2D eigenvalue weighted by Crippen LogP contribution is -2.40. The van der Waals surface area contributed by atoms with Crippen LogP contribution in [0.1, 0.15) is 18.2 Å². The molecule has 0 saturated carbocycles.